The Bertz CT molecular complexity index is 1200. The van der Waals surface area contributed by atoms with Crippen molar-refractivity contribution in [1.82, 2.24) is 10.2 Å². The number of aryl methyl sites for hydroxylation is 2. The van der Waals surface area contributed by atoms with Gasteiger partial charge in [0.2, 0.25) is 5.91 Å². The lowest BCUT2D eigenvalue weighted by Crippen LogP contribution is -2.54. The van der Waals surface area contributed by atoms with E-state index in [4.69, 9.17) is 16.3 Å². The number of anilines is 1. The molecular formula is C33H48ClN3O5. The molecule has 0 aliphatic heterocycles. The summed E-state index contributed by atoms with van der Waals surface area (Å²) in [6.45, 7) is 14.8. The summed E-state index contributed by atoms with van der Waals surface area (Å²) in [6.07, 6.45) is 3.91. The molecule has 0 radical (unpaired) electrons. The third-order valence-corrected chi connectivity index (χ3v) is 7.30. The van der Waals surface area contributed by atoms with Gasteiger partial charge in [-0.05, 0) is 64.2 Å². The van der Waals surface area contributed by atoms with Gasteiger partial charge < -0.3 is 25.4 Å². The van der Waals surface area contributed by atoms with Crippen molar-refractivity contribution in [2.24, 2.45) is 5.92 Å². The highest BCUT2D eigenvalue weighted by molar-refractivity contribution is 6.34. The fourth-order valence-electron chi connectivity index (χ4n) is 4.71. The van der Waals surface area contributed by atoms with Crippen molar-refractivity contribution in [1.29, 1.82) is 0 Å². The molecule has 3 amide bonds. The van der Waals surface area contributed by atoms with E-state index in [0.717, 1.165) is 31.2 Å². The fourth-order valence-corrected chi connectivity index (χ4v) is 4.98. The molecule has 0 saturated carbocycles. The number of para-hydroxylation sites is 2. The summed E-state index contributed by atoms with van der Waals surface area (Å²) in [5, 5.41) is 17.2. The maximum Gasteiger partial charge on any atom is 0.408 e. The van der Waals surface area contributed by atoms with E-state index in [0.29, 0.717) is 28.3 Å². The van der Waals surface area contributed by atoms with Crippen molar-refractivity contribution >= 4 is 35.2 Å². The topological polar surface area (TPSA) is 108 Å². The second-order valence-electron chi connectivity index (χ2n) is 12.2. The highest BCUT2D eigenvalue weighted by Gasteiger charge is 2.38. The standard InChI is InChI=1S/C33H48ClN3O5/c1-9-10-11-12-13-20-37(31(40)26(21(2)3)36-32(41)42-33(6,7)8)28(24-18-14-17-23(5)29(24)38)30(39)35-27-22(4)16-15-19-25(27)34/h14-19,21,26,28,38H,9-13,20H2,1-8H3,(H,35,39)(H,36,41). The quantitative estimate of drug-likeness (QED) is 0.204. The number of ether oxygens (including phenoxy) is 1. The molecular weight excluding hydrogens is 554 g/mol. The Hall–Kier alpha value is -3.26. The molecule has 2 aromatic carbocycles. The number of nitrogens with zero attached hydrogens (tertiary/aromatic N) is 1. The number of hydrogen-bond donors (Lipinski definition) is 3. The maximum absolute atomic E-state index is 14.4. The number of carbonyl (C=O) groups excluding carboxylic acids is 3. The molecule has 2 unspecified atom stereocenters. The number of nitrogens with one attached hydrogen (secondary N) is 2. The Morgan fingerprint density at radius 2 is 1.60 bits per heavy atom. The average molecular weight is 602 g/mol. The normalized spacial score (nSPS) is 12.9. The zero-order valence-electron chi connectivity index (χ0n) is 26.3. The molecule has 2 aromatic rings. The van der Waals surface area contributed by atoms with E-state index in [1.165, 1.54) is 4.90 Å². The molecule has 2 rings (SSSR count). The second kappa shape index (κ2) is 15.8. The van der Waals surface area contributed by atoms with E-state index in [1.54, 1.807) is 58.0 Å². The van der Waals surface area contributed by atoms with Crippen molar-refractivity contribution in [2.45, 2.75) is 105 Å². The summed E-state index contributed by atoms with van der Waals surface area (Å²) in [4.78, 5) is 42.8. The van der Waals surface area contributed by atoms with E-state index >= 15 is 0 Å². The minimum absolute atomic E-state index is 0.0708. The van der Waals surface area contributed by atoms with Gasteiger partial charge in [-0.15, -0.1) is 0 Å². The Morgan fingerprint density at radius 1 is 0.976 bits per heavy atom. The molecule has 0 saturated heterocycles. The monoisotopic (exact) mass is 601 g/mol. The van der Waals surface area contributed by atoms with Gasteiger partial charge in [0.1, 0.15) is 23.4 Å². The average Bonchev–Trinajstić information content (AvgIpc) is 2.89. The van der Waals surface area contributed by atoms with Crippen LogP contribution >= 0.6 is 11.6 Å². The maximum atomic E-state index is 14.4. The molecule has 0 bridgehead atoms. The highest BCUT2D eigenvalue weighted by atomic mass is 35.5. The molecule has 3 N–H and O–H groups in total. The van der Waals surface area contributed by atoms with Crippen molar-refractivity contribution in [3.63, 3.8) is 0 Å². The number of phenols is 1. The molecule has 9 heteroatoms. The van der Waals surface area contributed by atoms with Gasteiger partial charge in [-0.1, -0.05) is 88.4 Å². The zero-order valence-corrected chi connectivity index (χ0v) is 27.1. The Balaban J connectivity index is 2.62. The first kappa shape index (κ1) is 34.9. The smallest absolute Gasteiger partial charge is 0.408 e. The number of hydrogen-bond acceptors (Lipinski definition) is 5. The number of benzene rings is 2. The van der Waals surface area contributed by atoms with Gasteiger partial charge in [0.15, 0.2) is 0 Å². The van der Waals surface area contributed by atoms with Crippen LogP contribution in [0.25, 0.3) is 0 Å². The predicted molar refractivity (Wildman–Crippen MR) is 169 cm³/mol. The lowest BCUT2D eigenvalue weighted by molar-refractivity contribution is -0.141. The Kier molecular flexibility index (Phi) is 13.2. The van der Waals surface area contributed by atoms with E-state index in [9.17, 15) is 19.5 Å². The Morgan fingerprint density at radius 3 is 2.19 bits per heavy atom. The number of phenolic OH excluding ortho intramolecular Hbond substituents is 1. The number of amides is 3. The third kappa shape index (κ3) is 9.93. The number of alkyl carbamates (subject to hydrolysis) is 1. The summed E-state index contributed by atoms with van der Waals surface area (Å²) >= 11 is 6.45. The largest absolute Gasteiger partial charge is 0.507 e. The van der Waals surface area contributed by atoms with Crippen LogP contribution in [-0.2, 0) is 14.3 Å². The zero-order chi connectivity index (χ0) is 31.6. The van der Waals surface area contributed by atoms with E-state index in [2.05, 4.69) is 17.6 Å². The molecule has 232 valence electrons. The summed E-state index contributed by atoms with van der Waals surface area (Å²) in [6, 6.07) is 8.27. The van der Waals surface area contributed by atoms with E-state index in [-0.39, 0.29) is 18.2 Å². The lowest BCUT2D eigenvalue weighted by Gasteiger charge is -2.36. The fraction of sp³-hybridized carbons (Fsp3) is 0.545. The van der Waals surface area contributed by atoms with Gasteiger partial charge >= 0.3 is 6.09 Å². The van der Waals surface area contributed by atoms with Gasteiger partial charge in [0.25, 0.3) is 5.91 Å². The van der Waals surface area contributed by atoms with E-state index < -0.39 is 35.6 Å². The number of unbranched alkanes of at least 4 members (excludes halogenated alkanes) is 4. The van der Waals surface area contributed by atoms with Gasteiger partial charge in [0, 0.05) is 12.1 Å². The van der Waals surface area contributed by atoms with Crippen LogP contribution in [0.4, 0.5) is 10.5 Å². The van der Waals surface area contributed by atoms with Crippen LogP contribution in [0.15, 0.2) is 36.4 Å². The first-order valence-corrected chi connectivity index (χ1v) is 15.2. The molecule has 0 heterocycles. The summed E-state index contributed by atoms with van der Waals surface area (Å²) in [7, 11) is 0. The molecule has 0 aromatic heterocycles. The third-order valence-electron chi connectivity index (χ3n) is 6.98. The van der Waals surface area contributed by atoms with Gasteiger partial charge in [-0.3, -0.25) is 9.59 Å². The van der Waals surface area contributed by atoms with Crippen LogP contribution < -0.4 is 10.6 Å². The van der Waals surface area contributed by atoms with Crippen LogP contribution in [0, 0.1) is 19.8 Å². The molecule has 0 spiro atoms. The lowest BCUT2D eigenvalue weighted by atomic mass is 9.96. The predicted octanol–water partition coefficient (Wildman–Crippen LogP) is 7.69. The van der Waals surface area contributed by atoms with Gasteiger partial charge in [-0.25, -0.2) is 4.79 Å². The van der Waals surface area contributed by atoms with Crippen molar-refractivity contribution in [3.8, 4) is 5.75 Å². The van der Waals surface area contributed by atoms with Crippen molar-refractivity contribution in [3.05, 3.63) is 58.1 Å². The van der Waals surface area contributed by atoms with Gasteiger partial charge in [0.05, 0.1) is 10.7 Å². The van der Waals surface area contributed by atoms with Gasteiger partial charge in [-0.2, -0.15) is 0 Å². The second-order valence-corrected chi connectivity index (χ2v) is 12.6. The minimum Gasteiger partial charge on any atom is -0.507 e. The van der Waals surface area contributed by atoms with Crippen LogP contribution in [0.2, 0.25) is 5.02 Å². The molecule has 0 fully saturated rings. The first-order chi connectivity index (χ1) is 19.7. The minimum atomic E-state index is -1.19. The van der Waals surface area contributed by atoms with Crippen LogP contribution in [0.5, 0.6) is 5.75 Å². The highest BCUT2D eigenvalue weighted by Crippen LogP contribution is 2.35. The summed E-state index contributed by atoms with van der Waals surface area (Å²) in [5.74, 6) is -1.34. The summed E-state index contributed by atoms with van der Waals surface area (Å²) in [5.41, 5.74) is 1.30. The van der Waals surface area contributed by atoms with E-state index in [1.807, 2.05) is 26.8 Å². The SMILES string of the molecule is CCCCCCCN(C(=O)C(NC(=O)OC(C)(C)C)C(C)C)C(C(=O)Nc1c(C)cccc1Cl)c1cccc(C)c1O. The molecule has 42 heavy (non-hydrogen) atoms. The summed E-state index contributed by atoms with van der Waals surface area (Å²) < 4.78 is 5.45. The Labute approximate surface area is 256 Å². The first-order valence-electron chi connectivity index (χ1n) is 14.8. The van der Waals surface area contributed by atoms with Crippen molar-refractivity contribution in [2.75, 3.05) is 11.9 Å². The van der Waals surface area contributed by atoms with Crippen molar-refractivity contribution < 1.29 is 24.2 Å². The number of carbonyl (C=O) groups is 3. The molecule has 2 atom stereocenters. The molecule has 8 nitrogen and oxygen atoms in total. The number of aromatic hydroxyl groups is 1. The number of rotatable bonds is 13. The van der Waals surface area contributed by atoms with Crippen LogP contribution in [0.3, 0.4) is 0 Å². The molecule has 0 aliphatic carbocycles. The van der Waals surface area contributed by atoms with Crippen LogP contribution in [0.1, 0.15) is 96.4 Å². The number of halogens is 1. The van der Waals surface area contributed by atoms with Crippen LogP contribution in [-0.4, -0.2) is 46.1 Å². The molecule has 0 aliphatic rings.